The van der Waals surface area contributed by atoms with E-state index in [1.54, 1.807) is 12.1 Å². The van der Waals surface area contributed by atoms with E-state index in [4.69, 9.17) is 4.74 Å². The molecular weight excluding hydrogens is 550 g/mol. The standard InChI is InChI=1S/C28H35N5O7S/c1-19(2)16-23(29-27(35)20-5-7-21(8-6-20)30-12-14-40-15-13-30)28(36)32-11-9-24-26(32)25(34)18-33(24)41(38,39)22-4-3-10-31(37)17-22/h3-8,10,17,19,23-24,26H,9,11-16,18H2,1-2H3,(H,29,35). The average molecular weight is 586 g/mol. The van der Waals surface area contributed by atoms with Crippen molar-refractivity contribution >= 4 is 33.3 Å². The second kappa shape index (κ2) is 11.7. The van der Waals surface area contributed by atoms with Crippen molar-refractivity contribution in [3.8, 4) is 0 Å². The van der Waals surface area contributed by atoms with E-state index in [9.17, 15) is 28.0 Å². The lowest BCUT2D eigenvalue weighted by atomic mass is 10.0. The Labute approximate surface area is 239 Å². The average Bonchev–Trinajstić information content (AvgIpc) is 3.54. The zero-order chi connectivity index (χ0) is 29.3. The number of pyridine rings is 1. The molecule has 0 saturated carbocycles. The highest BCUT2D eigenvalue weighted by Gasteiger charge is 2.54. The van der Waals surface area contributed by atoms with E-state index >= 15 is 0 Å². The Balaban J connectivity index is 1.31. The van der Waals surface area contributed by atoms with Crippen LogP contribution in [-0.4, -0.2) is 92.7 Å². The summed E-state index contributed by atoms with van der Waals surface area (Å²) < 4.78 is 33.5. The number of fused-ring (bicyclic) bond motifs is 1. The summed E-state index contributed by atoms with van der Waals surface area (Å²) in [5, 5.41) is 14.6. The molecule has 4 heterocycles. The Morgan fingerprint density at radius 1 is 1.12 bits per heavy atom. The number of sulfonamides is 1. The minimum Gasteiger partial charge on any atom is -0.619 e. The molecule has 3 fully saturated rings. The number of aromatic nitrogens is 1. The third kappa shape index (κ3) is 5.92. The number of carbonyl (C=O) groups excluding carboxylic acids is 3. The van der Waals surface area contributed by atoms with Crippen molar-refractivity contribution in [3.63, 3.8) is 0 Å². The number of nitrogens with zero attached hydrogens (tertiary/aromatic N) is 4. The monoisotopic (exact) mass is 585 g/mol. The maximum atomic E-state index is 13.8. The summed E-state index contributed by atoms with van der Waals surface area (Å²) in [5.41, 5.74) is 1.40. The van der Waals surface area contributed by atoms with E-state index in [1.807, 2.05) is 26.0 Å². The molecule has 3 atom stereocenters. The smallest absolute Gasteiger partial charge is 0.251 e. The summed E-state index contributed by atoms with van der Waals surface area (Å²) >= 11 is 0. The number of rotatable bonds is 8. The van der Waals surface area contributed by atoms with Crippen LogP contribution in [0.3, 0.4) is 0 Å². The van der Waals surface area contributed by atoms with Gasteiger partial charge in [0.05, 0.1) is 25.8 Å². The van der Waals surface area contributed by atoms with E-state index in [1.165, 1.54) is 23.2 Å². The zero-order valence-electron chi connectivity index (χ0n) is 23.1. The summed E-state index contributed by atoms with van der Waals surface area (Å²) in [6.07, 6.45) is 2.76. The molecule has 1 aromatic heterocycles. The van der Waals surface area contributed by atoms with Crippen molar-refractivity contribution in [3.05, 3.63) is 59.6 Å². The molecule has 41 heavy (non-hydrogen) atoms. The maximum Gasteiger partial charge on any atom is 0.251 e. The molecule has 1 aromatic carbocycles. The van der Waals surface area contributed by atoms with Crippen molar-refractivity contribution in [2.75, 3.05) is 44.3 Å². The molecule has 0 radical (unpaired) electrons. The largest absolute Gasteiger partial charge is 0.619 e. The van der Waals surface area contributed by atoms with Gasteiger partial charge < -0.3 is 25.1 Å². The molecule has 0 spiro atoms. The number of ketones is 1. The number of amides is 2. The topological polar surface area (TPSA) is 143 Å². The number of benzene rings is 1. The van der Waals surface area contributed by atoms with E-state index in [0.717, 1.165) is 29.3 Å². The minimum atomic E-state index is -4.13. The lowest BCUT2D eigenvalue weighted by Crippen LogP contribution is -2.53. The summed E-state index contributed by atoms with van der Waals surface area (Å²) in [5.74, 6) is -1.12. The molecule has 13 heteroatoms. The number of likely N-dealkylation sites (tertiary alicyclic amines) is 1. The van der Waals surface area contributed by atoms with Gasteiger partial charge >= 0.3 is 0 Å². The number of ether oxygens (including phenoxy) is 1. The lowest BCUT2D eigenvalue weighted by Gasteiger charge is -2.29. The Kier molecular flexibility index (Phi) is 8.30. The van der Waals surface area contributed by atoms with E-state index < -0.39 is 40.0 Å². The lowest BCUT2D eigenvalue weighted by molar-refractivity contribution is -0.607. The number of Topliss-reactive ketones (excluding diaryl/α,β-unsaturated/α-hetero) is 1. The molecule has 3 aliphatic heterocycles. The van der Waals surface area contributed by atoms with E-state index in [0.29, 0.717) is 29.9 Å². The molecule has 1 N–H and O–H groups in total. The van der Waals surface area contributed by atoms with Crippen molar-refractivity contribution in [2.45, 2.75) is 49.7 Å². The van der Waals surface area contributed by atoms with Crippen LogP contribution >= 0.6 is 0 Å². The predicted molar refractivity (Wildman–Crippen MR) is 148 cm³/mol. The quantitative estimate of drug-likeness (QED) is 0.350. The van der Waals surface area contributed by atoms with Gasteiger partial charge in [-0.25, -0.2) is 8.42 Å². The second-order valence-corrected chi connectivity index (χ2v) is 12.9. The minimum absolute atomic E-state index is 0.0689. The van der Waals surface area contributed by atoms with Crippen LogP contribution in [0.5, 0.6) is 0 Å². The highest BCUT2D eigenvalue weighted by molar-refractivity contribution is 7.89. The summed E-state index contributed by atoms with van der Waals surface area (Å²) in [6.45, 7) is 6.52. The fraction of sp³-hybridized carbons (Fsp3) is 0.500. The molecule has 2 aromatic rings. The van der Waals surface area contributed by atoms with Crippen molar-refractivity contribution < 1.29 is 32.3 Å². The second-order valence-electron chi connectivity index (χ2n) is 11.1. The van der Waals surface area contributed by atoms with Crippen LogP contribution in [0, 0.1) is 11.1 Å². The van der Waals surface area contributed by atoms with Gasteiger partial charge in [-0.1, -0.05) is 13.8 Å². The van der Waals surface area contributed by atoms with Crippen LogP contribution in [0.15, 0.2) is 53.7 Å². The van der Waals surface area contributed by atoms with Crippen molar-refractivity contribution in [1.29, 1.82) is 0 Å². The first-order valence-electron chi connectivity index (χ1n) is 13.8. The van der Waals surface area contributed by atoms with Gasteiger partial charge in [-0.05, 0) is 49.1 Å². The Morgan fingerprint density at radius 3 is 2.49 bits per heavy atom. The molecule has 0 aliphatic carbocycles. The van der Waals surface area contributed by atoms with Crippen LogP contribution in [0.2, 0.25) is 0 Å². The van der Waals surface area contributed by atoms with Crippen LogP contribution in [0.1, 0.15) is 37.0 Å². The van der Waals surface area contributed by atoms with Gasteiger partial charge in [-0.2, -0.15) is 9.04 Å². The fourth-order valence-corrected chi connectivity index (χ4v) is 7.48. The van der Waals surface area contributed by atoms with Gasteiger partial charge in [0.1, 0.15) is 17.0 Å². The van der Waals surface area contributed by atoms with Crippen LogP contribution in [-0.2, 0) is 24.3 Å². The molecule has 220 valence electrons. The number of anilines is 1. The normalized spacial score (nSPS) is 22.2. The Hall–Kier alpha value is -3.55. The number of hydrogen-bond donors (Lipinski definition) is 1. The van der Waals surface area contributed by atoms with Crippen LogP contribution in [0.25, 0.3) is 0 Å². The third-order valence-corrected chi connectivity index (χ3v) is 9.69. The van der Waals surface area contributed by atoms with Crippen LogP contribution in [0.4, 0.5) is 5.69 Å². The summed E-state index contributed by atoms with van der Waals surface area (Å²) in [6, 6.07) is 7.26. The van der Waals surface area contributed by atoms with Crippen molar-refractivity contribution in [2.24, 2.45) is 5.92 Å². The first-order valence-corrected chi connectivity index (χ1v) is 15.3. The highest BCUT2D eigenvalue weighted by Crippen LogP contribution is 2.34. The first kappa shape index (κ1) is 29.0. The Bertz CT molecular complexity index is 1410. The number of nitrogens with one attached hydrogen (secondary N) is 1. The Morgan fingerprint density at radius 2 is 1.83 bits per heavy atom. The third-order valence-electron chi connectivity index (χ3n) is 7.83. The zero-order valence-corrected chi connectivity index (χ0v) is 24.0. The fourth-order valence-electron chi connectivity index (χ4n) is 5.84. The van der Waals surface area contributed by atoms with E-state index in [2.05, 4.69) is 10.2 Å². The first-order chi connectivity index (χ1) is 19.6. The number of morpholine rings is 1. The van der Waals surface area contributed by atoms with Gasteiger partial charge in [-0.3, -0.25) is 14.4 Å². The molecule has 3 aliphatic rings. The molecule has 2 amide bonds. The molecule has 3 unspecified atom stereocenters. The molecular formula is C28H35N5O7S. The molecule has 5 rings (SSSR count). The predicted octanol–water partition coefficient (Wildman–Crippen LogP) is 0.544. The van der Waals surface area contributed by atoms with Gasteiger partial charge in [-0.15, -0.1) is 0 Å². The molecule has 12 nitrogen and oxygen atoms in total. The van der Waals surface area contributed by atoms with Gasteiger partial charge in [0.25, 0.3) is 5.91 Å². The van der Waals surface area contributed by atoms with Gasteiger partial charge in [0, 0.05) is 37.0 Å². The highest BCUT2D eigenvalue weighted by atomic mass is 32.2. The molecule has 3 saturated heterocycles. The summed E-state index contributed by atoms with van der Waals surface area (Å²) in [4.78, 5) is 43.5. The van der Waals surface area contributed by atoms with E-state index in [-0.39, 0.29) is 36.1 Å². The SMILES string of the molecule is CC(C)CC(NC(=O)c1ccc(N2CCOCC2)cc1)C(=O)N1CCC2C1C(=O)CN2S(=O)(=O)c1ccc[n+]([O-])c1. The van der Waals surface area contributed by atoms with Crippen molar-refractivity contribution in [1.82, 2.24) is 14.5 Å². The van der Waals surface area contributed by atoms with Gasteiger partial charge in [0.15, 0.2) is 18.2 Å². The number of carbonyl (C=O) groups is 3. The van der Waals surface area contributed by atoms with Crippen LogP contribution < -0.4 is 14.9 Å². The maximum absolute atomic E-state index is 13.8. The molecule has 0 bridgehead atoms. The summed E-state index contributed by atoms with van der Waals surface area (Å²) in [7, 11) is -4.13. The number of hydrogen-bond acceptors (Lipinski definition) is 8. The van der Waals surface area contributed by atoms with Gasteiger partial charge in [0.2, 0.25) is 15.9 Å².